The Bertz CT molecular complexity index is 777. The van der Waals surface area contributed by atoms with Gasteiger partial charge in [0.25, 0.3) is 0 Å². The second kappa shape index (κ2) is 9.33. The summed E-state index contributed by atoms with van der Waals surface area (Å²) in [6, 6.07) is 6.26. The Morgan fingerprint density at radius 3 is 2.67 bits per heavy atom. The van der Waals surface area contributed by atoms with E-state index in [1.54, 1.807) is 12.1 Å². The summed E-state index contributed by atoms with van der Waals surface area (Å²) in [5, 5.41) is 28.1. The topological polar surface area (TPSA) is 97.3 Å². The third-order valence-electron chi connectivity index (χ3n) is 6.12. The zero-order valence-electron chi connectivity index (χ0n) is 16.5. The number of nitrogens with zero attached hydrogens (tertiary/aromatic N) is 2. The number of aliphatic hydroxyl groups is 2. The number of carbonyl (C=O) groups is 1. The van der Waals surface area contributed by atoms with Gasteiger partial charge in [-0.2, -0.15) is 0 Å². The molecule has 10 heteroatoms. The molecule has 1 aromatic rings. The van der Waals surface area contributed by atoms with Gasteiger partial charge in [-0.25, -0.2) is 0 Å². The summed E-state index contributed by atoms with van der Waals surface area (Å²) in [4.78, 5) is 17.2. The summed E-state index contributed by atoms with van der Waals surface area (Å²) in [5.41, 5.74) is 0.791. The molecule has 1 saturated carbocycles. The number of morpholine rings is 1. The first-order valence-electron chi connectivity index (χ1n) is 10.2. The quantitative estimate of drug-likeness (QED) is 0.460. The number of carbonyl (C=O) groups excluding carboxylic acids is 1. The van der Waals surface area contributed by atoms with Crippen LogP contribution in [0.25, 0.3) is 0 Å². The van der Waals surface area contributed by atoms with Gasteiger partial charge in [0.05, 0.1) is 37.3 Å². The second-order valence-corrected chi connectivity index (χ2v) is 8.78. The van der Waals surface area contributed by atoms with Gasteiger partial charge in [0.15, 0.2) is 5.11 Å². The monoisotopic (exact) mass is 454 g/mol. The minimum atomic E-state index is -1.01. The number of ether oxygens (including phenoxy) is 1. The van der Waals surface area contributed by atoms with Crippen molar-refractivity contribution in [3.63, 3.8) is 0 Å². The highest BCUT2D eigenvalue weighted by molar-refractivity contribution is 7.80. The largest absolute Gasteiger partial charge is 0.390 e. The Balaban J connectivity index is 1.49. The summed E-state index contributed by atoms with van der Waals surface area (Å²) in [7, 11) is 0. The predicted molar refractivity (Wildman–Crippen MR) is 118 cm³/mol. The Morgan fingerprint density at radius 1 is 1.27 bits per heavy atom. The third-order valence-corrected chi connectivity index (χ3v) is 6.68. The molecule has 2 saturated heterocycles. The molecule has 0 radical (unpaired) electrons. The van der Waals surface area contributed by atoms with Crippen LogP contribution in [0.2, 0.25) is 5.02 Å². The van der Waals surface area contributed by atoms with Crippen LogP contribution in [0.15, 0.2) is 24.3 Å². The molecule has 0 unspecified atom stereocenters. The minimum Gasteiger partial charge on any atom is -0.390 e. The van der Waals surface area contributed by atoms with Crippen LogP contribution in [0.4, 0.5) is 5.69 Å². The number of halogens is 1. The van der Waals surface area contributed by atoms with E-state index >= 15 is 0 Å². The highest BCUT2D eigenvalue weighted by atomic mass is 35.5. The van der Waals surface area contributed by atoms with E-state index in [2.05, 4.69) is 15.5 Å². The molecule has 4 N–H and O–H groups in total. The zero-order valence-corrected chi connectivity index (χ0v) is 18.1. The number of hydrogen-bond donors (Lipinski definition) is 4. The van der Waals surface area contributed by atoms with Gasteiger partial charge in [-0.3, -0.25) is 9.69 Å². The van der Waals surface area contributed by atoms with E-state index in [-0.39, 0.29) is 12.3 Å². The van der Waals surface area contributed by atoms with Crippen LogP contribution in [0.1, 0.15) is 6.42 Å². The van der Waals surface area contributed by atoms with Crippen LogP contribution in [-0.4, -0.2) is 89.8 Å². The second-order valence-electron chi connectivity index (χ2n) is 7.96. The molecule has 1 amide bonds. The molecule has 5 atom stereocenters. The average Bonchev–Trinajstić information content (AvgIpc) is 3.09. The Hall–Kier alpha value is -1.49. The molecule has 0 spiro atoms. The van der Waals surface area contributed by atoms with Gasteiger partial charge in [-0.05, 0) is 42.9 Å². The number of anilines is 1. The number of nitrogens with one attached hydrogen (secondary N) is 2. The summed E-state index contributed by atoms with van der Waals surface area (Å²) in [6.07, 6.45) is -1.84. The van der Waals surface area contributed by atoms with Crippen molar-refractivity contribution in [3.05, 3.63) is 29.3 Å². The fraction of sp³-hybridized carbons (Fsp3) is 0.600. The molecule has 8 nitrogen and oxygen atoms in total. The summed E-state index contributed by atoms with van der Waals surface area (Å²) < 4.78 is 5.35. The summed E-state index contributed by atoms with van der Waals surface area (Å²) in [6.45, 7) is 4.41. The number of thiocarbonyl (C=S) groups is 1. The van der Waals surface area contributed by atoms with Crippen molar-refractivity contribution in [2.75, 3.05) is 44.3 Å². The summed E-state index contributed by atoms with van der Waals surface area (Å²) >= 11 is 11.5. The van der Waals surface area contributed by atoms with Crippen LogP contribution < -0.4 is 15.5 Å². The maximum atomic E-state index is 13.1. The fourth-order valence-corrected chi connectivity index (χ4v) is 5.02. The van der Waals surface area contributed by atoms with E-state index in [0.29, 0.717) is 29.9 Å². The van der Waals surface area contributed by atoms with Crippen molar-refractivity contribution in [2.24, 2.45) is 5.92 Å². The molecular weight excluding hydrogens is 428 g/mol. The fourth-order valence-electron chi connectivity index (χ4n) is 4.54. The number of rotatable bonds is 5. The van der Waals surface area contributed by atoms with Gasteiger partial charge in [0.1, 0.15) is 6.10 Å². The molecule has 164 valence electrons. The van der Waals surface area contributed by atoms with Crippen LogP contribution in [0.5, 0.6) is 0 Å². The van der Waals surface area contributed by atoms with E-state index in [1.165, 1.54) is 0 Å². The zero-order chi connectivity index (χ0) is 21.3. The molecule has 2 heterocycles. The molecule has 3 aliphatic rings. The first-order valence-corrected chi connectivity index (χ1v) is 11.0. The van der Waals surface area contributed by atoms with Crippen LogP contribution >= 0.6 is 23.8 Å². The Morgan fingerprint density at radius 2 is 1.97 bits per heavy atom. The summed E-state index contributed by atoms with van der Waals surface area (Å²) in [5.74, 6) is -0.670. The lowest BCUT2D eigenvalue weighted by Crippen LogP contribution is -2.61. The normalized spacial score (nSPS) is 31.9. The lowest BCUT2D eigenvalue weighted by Gasteiger charge is -2.41. The van der Waals surface area contributed by atoms with Crippen LogP contribution in [0, 0.1) is 5.92 Å². The number of hydrogen-bond acceptors (Lipinski definition) is 6. The first kappa shape index (κ1) is 21.7. The smallest absolute Gasteiger partial charge is 0.225 e. The SMILES string of the molecule is O=C(NCCN1CCOCC1)[C@@H]1C[C@@H](O)[C@H](O)[C@@H]2NC(=S)N(c3ccc(Cl)cc3)[C@H]21. The Kier molecular flexibility index (Phi) is 6.76. The van der Waals surface area contributed by atoms with Crippen molar-refractivity contribution >= 4 is 40.5 Å². The van der Waals surface area contributed by atoms with Crippen molar-refractivity contribution < 1.29 is 19.7 Å². The molecule has 0 bridgehead atoms. The van der Waals surface area contributed by atoms with E-state index in [9.17, 15) is 15.0 Å². The van der Waals surface area contributed by atoms with E-state index < -0.39 is 30.2 Å². The lowest BCUT2D eigenvalue weighted by molar-refractivity contribution is -0.131. The van der Waals surface area contributed by atoms with Gasteiger partial charge in [-0.15, -0.1) is 0 Å². The van der Waals surface area contributed by atoms with Gasteiger partial charge in [-0.1, -0.05) is 11.6 Å². The molecule has 0 aromatic heterocycles. The van der Waals surface area contributed by atoms with Crippen molar-refractivity contribution in [3.8, 4) is 0 Å². The Labute approximate surface area is 186 Å². The maximum absolute atomic E-state index is 13.1. The molecule has 2 aliphatic heterocycles. The number of aliphatic hydroxyl groups excluding tert-OH is 2. The standard InChI is InChI=1S/C20H27ClN4O4S/c21-12-1-3-13(4-2-12)25-17-14(11-15(26)18(27)16(17)23-20(25)30)19(28)22-5-6-24-7-9-29-10-8-24/h1-4,14-18,26-27H,5-11H2,(H,22,28)(H,23,30)/t14-,15-,16-,17+,18+/m1/s1. The van der Waals surface area contributed by atoms with Crippen molar-refractivity contribution in [1.29, 1.82) is 0 Å². The number of fused-ring (bicyclic) bond motifs is 1. The van der Waals surface area contributed by atoms with Crippen molar-refractivity contribution in [2.45, 2.75) is 30.7 Å². The van der Waals surface area contributed by atoms with Crippen LogP contribution in [0.3, 0.4) is 0 Å². The van der Waals surface area contributed by atoms with Gasteiger partial charge < -0.3 is 30.5 Å². The highest BCUT2D eigenvalue weighted by Crippen LogP contribution is 2.37. The van der Waals surface area contributed by atoms with E-state index in [4.69, 9.17) is 28.6 Å². The molecule has 1 aliphatic carbocycles. The number of amides is 1. The molecule has 3 fully saturated rings. The molecule has 1 aromatic carbocycles. The lowest BCUT2D eigenvalue weighted by atomic mass is 9.77. The molecule has 4 rings (SSSR count). The third kappa shape index (κ3) is 4.42. The highest BCUT2D eigenvalue weighted by Gasteiger charge is 2.53. The van der Waals surface area contributed by atoms with Crippen molar-refractivity contribution in [1.82, 2.24) is 15.5 Å². The maximum Gasteiger partial charge on any atom is 0.225 e. The van der Waals surface area contributed by atoms with Crippen LogP contribution in [-0.2, 0) is 9.53 Å². The van der Waals surface area contributed by atoms with Gasteiger partial charge >= 0.3 is 0 Å². The van der Waals surface area contributed by atoms with E-state index in [1.807, 2.05) is 17.0 Å². The van der Waals surface area contributed by atoms with Gasteiger partial charge in [0, 0.05) is 36.9 Å². The average molecular weight is 455 g/mol. The molecular formula is C20H27ClN4O4S. The molecule has 30 heavy (non-hydrogen) atoms. The predicted octanol–water partition coefficient (Wildman–Crippen LogP) is -0.0382. The number of benzene rings is 1. The first-order chi connectivity index (χ1) is 14.5. The minimum absolute atomic E-state index is 0.144. The van der Waals surface area contributed by atoms with Gasteiger partial charge in [0.2, 0.25) is 5.91 Å². The van der Waals surface area contributed by atoms with E-state index in [0.717, 1.165) is 25.3 Å².